The van der Waals surface area contributed by atoms with Gasteiger partial charge in [0.2, 0.25) is 0 Å². The van der Waals surface area contributed by atoms with E-state index in [2.05, 4.69) is 15.4 Å². The van der Waals surface area contributed by atoms with Crippen LogP contribution in [-0.2, 0) is 6.18 Å². The summed E-state index contributed by atoms with van der Waals surface area (Å²) in [6, 6.07) is 11.4. The molecular weight excluding hydrogens is 417 g/mol. The van der Waals surface area contributed by atoms with Crippen LogP contribution < -0.4 is 5.32 Å². The number of rotatable bonds is 6. The first-order chi connectivity index (χ1) is 15.2. The predicted molar refractivity (Wildman–Crippen MR) is 117 cm³/mol. The minimum absolute atomic E-state index is 0.0831. The molecule has 6 nitrogen and oxygen atoms in total. The molecule has 1 aromatic carbocycles. The van der Waals surface area contributed by atoms with Gasteiger partial charge >= 0.3 is 6.18 Å². The second-order valence-electron chi connectivity index (χ2n) is 7.01. The molecule has 2 heterocycles. The smallest absolute Gasteiger partial charge is 0.383 e. The van der Waals surface area contributed by atoms with E-state index in [9.17, 15) is 18.4 Å². The van der Waals surface area contributed by atoms with Crippen molar-refractivity contribution in [2.24, 2.45) is 0 Å². The Morgan fingerprint density at radius 2 is 1.94 bits per heavy atom. The monoisotopic (exact) mass is 438 g/mol. The molecule has 164 valence electrons. The highest BCUT2D eigenvalue weighted by molar-refractivity contribution is 5.74. The molecule has 0 saturated carbocycles. The molecule has 0 aliphatic heterocycles. The van der Waals surface area contributed by atoms with Gasteiger partial charge in [0.05, 0.1) is 5.69 Å². The summed E-state index contributed by atoms with van der Waals surface area (Å²) in [7, 11) is 3.75. The first-order valence-electron chi connectivity index (χ1n) is 9.65. The number of hydrogen-bond donors (Lipinski definition) is 1. The van der Waals surface area contributed by atoms with E-state index in [1.807, 2.05) is 38.2 Å². The molecule has 9 heteroatoms. The lowest BCUT2D eigenvalue weighted by molar-refractivity contribution is -0.141. The zero-order valence-electron chi connectivity index (χ0n) is 17.7. The van der Waals surface area contributed by atoms with E-state index >= 15 is 0 Å². The van der Waals surface area contributed by atoms with E-state index < -0.39 is 11.9 Å². The third kappa shape index (κ3) is 4.98. The van der Waals surface area contributed by atoms with Gasteiger partial charge in [-0.25, -0.2) is 9.50 Å². The molecule has 0 atom stereocenters. The van der Waals surface area contributed by atoms with Crippen molar-refractivity contribution in [1.29, 1.82) is 5.26 Å². The van der Waals surface area contributed by atoms with Crippen LogP contribution in [0, 0.1) is 11.3 Å². The summed E-state index contributed by atoms with van der Waals surface area (Å²) in [5, 5.41) is 17.2. The molecule has 1 N–H and O–H groups in total. The summed E-state index contributed by atoms with van der Waals surface area (Å²) in [6.45, 7) is 1.82. The standard InChI is InChI=1S/C23H21F3N6/c1-4-9-17(12-8-13-31(2)3)28-21-18(15-27)22-29-20(23(24,25)26)14-19(32(22)30-21)16-10-6-5-7-11-16/h4-14H,1-3H3,(H,28,30)/b9-4-,13-8+,17-12+. The van der Waals surface area contributed by atoms with E-state index in [1.54, 1.807) is 54.6 Å². The molecule has 3 aromatic rings. The highest BCUT2D eigenvalue weighted by Gasteiger charge is 2.34. The maximum absolute atomic E-state index is 13.5. The van der Waals surface area contributed by atoms with Crippen molar-refractivity contribution in [1.82, 2.24) is 19.5 Å². The molecule has 0 bridgehead atoms. The number of benzene rings is 1. The number of nitrogens with zero attached hydrogens (tertiary/aromatic N) is 5. The van der Waals surface area contributed by atoms with Crippen molar-refractivity contribution in [3.63, 3.8) is 0 Å². The Hall–Kier alpha value is -4.06. The van der Waals surface area contributed by atoms with Gasteiger partial charge in [-0.1, -0.05) is 36.4 Å². The van der Waals surface area contributed by atoms with Crippen molar-refractivity contribution in [3.05, 3.63) is 83.9 Å². The van der Waals surface area contributed by atoms with Gasteiger partial charge in [0.15, 0.2) is 11.5 Å². The van der Waals surface area contributed by atoms with Crippen molar-refractivity contribution < 1.29 is 13.2 Å². The fraction of sp³-hybridized carbons (Fsp3) is 0.174. The zero-order valence-corrected chi connectivity index (χ0v) is 17.7. The van der Waals surface area contributed by atoms with Crippen LogP contribution in [0.25, 0.3) is 16.9 Å². The second-order valence-corrected chi connectivity index (χ2v) is 7.01. The summed E-state index contributed by atoms with van der Waals surface area (Å²) >= 11 is 0. The average molecular weight is 438 g/mol. The number of anilines is 1. The lowest BCUT2D eigenvalue weighted by Crippen LogP contribution is -2.11. The summed E-state index contributed by atoms with van der Waals surface area (Å²) in [4.78, 5) is 5.57. The van der Waals surface area contributed by atoms with Gasteiger partial charge in [-0.05, 0) is 37.4 Å². The van der Waals surface area contributed by atoms with Crippen molar-refractivity contribution in [3.8, 4) is 17.3 Å². The molecule has 0 saturated heterocycles. The highest BCUT2D eigenvalue weighted by Crippen LogP contribution is 2.33. The van der Waals surface area contributed by atoms with Gasteiger partial charge in [-0.2, -0.15) is 18.4 Å². The van der Waals surface area contributed by atoms with Gasteiger partial charge in [0, 0.05) is 25.4 Å². The molecule has 0 amide bonds. The van der Waals surface area contributed by atoms with Crippen LogP contribution in [0.4, 0.5) is 19.0 Å². The fourth-order valence-corrected chi connectivity index (χ4v) is 2.94. The van der Waals surface area contributed by atoms with E-state index in [-0.39, 0.29) is 22.7 Å². The van der Waals surface area contributed by atoms with Crippen molar-refractivity contribution in [2.45, 2.75) is 13.1 Å². The maximum Gasteiger partial charge on any atom is 0.433 e. The molecule has 0 unspecified atom stereocenters. The van der Waals surface area contributed by atoms with E-state index in [0.717, 1.165) is 6.07 Å². The molecule has 0 radical (unpaired) electrons. The van der Waals surface area contributed by atoms with Crippen LogP contribution in [0.5, 0.6) is 0 Å². The van der Waals surface area contributed by atoms with Crippen molar-refractivity contribution >= 4 is 11.5 Å². The Bertz CT molecular complexity index is 1230. The molecule has 0 spiro atoms. The normalized spacial score (nSPS) is 12.6. The molecule has 2 aromatic heterocycles. The van der Waals surface area contributed by atoms with Gasteiger partial charge in [0.1, 0.15) is 17.3 Å². The Balaban J connectivity index is 2.22. The van der Waals surface area contributed by atoms with E-state index in [4.69, 9.17) is 0 Å². The predicted octanol–water partition coefficient (Wildman–Crippen LogP) is 5.23. The van der Waals surface area contributed by atoms with E-state index in [1.165, 1.54) is 4.52 Å². The van der Waals surface area contributed by atoms with Crippen LogP contribution in [0.1, 0.15) is 18.2 Å². The van der Waals surface area contributed by atoms with Crippen LogP contribution in [0.3, 0.4) is 0 Å². The minimum Gasteiger partial charge on any atom is -0.383 e. The van der Waals surface area contributed by atoms with Gasteiger partial charge < -0.3 is 10.2 Å². The first-order valence-corrected chi connectivity index (χ1v) is 9.65. The largest absolute Gasteiger partial charge is 0.433 e. The lowest BCUT2D eigenvalue weighted by Gasteiger charge is -2.10. The molecule has 0 aliphatic carbocycles. The van der Waals surface area contributed by atoms with Gasteiger partial charge in [-0.3, -0.25) is 0 Å². The average Bonchev–Trinajstić information content (AvgIpc) is 3.09. The number of halogens is 3. The Morgan fingerprint density at radius 1 is 1.22 bits per heavy atom. The highest BCUT2D eigenvalue weighted by atomic mass is 19.4. The SMILES string of the molecule is C\C=C/C(=C\C=C\N(C)C)Nc1nn2c(-c3ccccc3)cc(C(F)(F)F)nc2c1C#N. The fourth-order valence-electron chi connectivity index (χ4n) is 2.94. The lowest BCUT2D eigenvalue weighted by atomic mass is 10.1. The quantitative estimate of drug-likeness (QED) is 0.534. The van der Waals surface area contributed by atoms with Crippen LogP contribution in [0.15, 0.2) is 72.6 Å². The van der Waals surface area contributed by atoms with E-state index in [0.29, 0.717) is 11.3 Å². The number of fused-ring (bicyclic) bond motifs is 1. The Labute approximate surface area is 183 Å². The first kappa shape index (κ1) is 22.6. The molecule has 0 aliphatic rings. The number of allylic oxidation sites excluding steroid dienone is 4. The van der Waals surface area contributed by atoms with Crippen molar-refractivity contribution in [2.75, 3.05) is 19.4 Å². The van der Waals surface area contributed by atoms with Gasteiger partial charge in [0.25, 0.3) is 0 Å². The molecule has 3 rings (SSSR count). The summed E-state index contributed by atoms with van der Waals surface area (Å²) in [5.41, 5.74) is -0.0565. The van der Waals surface area contributed by atoms with Gasteiger partial charge in [-0.15, -0.1) is 5.10 Å². The van der Waals surface area contributed by atoms with Crippen LogP contribution >= 0.6 is 0 Å². The number of nitriles is 1. The summed E-state index contributed by atoms with van der Waals surface area (Å²) in [6.07, 6.45) is 4.25. The minimum atomic E-state index is -4.68. The molecule has 0 fully saturated rings. The molecular formula is C23H21F3N6. The van der Waals surface area contributed by atoms with Crippen LogP contribution in [0.2, 0.25) is 0 Å². The number of alkyl halides is 3. The summed E-state index contributed by atoms with van der Waals surface area (Å²) < 4.78 is 41.9. The maximum atomic E-state index is 13.5. The Morgan fingerprint density at radius 3 is 2.53 bits per heavy atom. The van der Waals surface area contributed by atoms with Crippen LogP contribution in [-0.4, -0.2) is 33.6 Å². The number of hydrogen-bond acceptors (Lipinski definition) is 5. The second kappa shape index (κ2) is 9.39. The summed E-state index contributed by atoms with van der Waals surface area (Å²) in [5.74, 6) is 0.110. The third-order valence-corrected chi connectivity index (χ3v) is 4.33. The molecule has 32 heavy (non-hydrogen) atoms. The Kier molecular flexibility index (Phi) is 6.64. The topological polar surface area (TPSA) is 69.2 Å². The number of nitrogens with one attached hydrogen (secondary N) is 1. The third-order valence-electron chi connectivity index (χ3n) is 4.33. The number of aromatic nitrogens is 3. The zero-order chi connectivity index (χ0) is 23.3.